The minimum absolute atomic E-state index is 0.0722. The second-order valence-electron chi connectivity index (χ2n) is 7.90. The van der Waals surface area contributed by atoms with Gasteiger partial charge in [-0.3, -0.25) is 14.5 Å². The third-order valence-electron chi connectivity index (χ3n) is 5.23. The number of nitrogens with zero attached hydrogens (tertiary/aromatic N) is 1. The summed E-state index contributed by atoms with van der Waals surface area (Å²) in [7, 11) is -2.80. The van der Waals surface area contributed by atoms with Crippen molar-refractivity contribution in [1.82, 2.24) is 4.90 Å². The van der Waals surface area contributed by atoms with E-state index in [1.54, 1.807) is 12.1 Å². The summed E-state index contributed by atoms with van der Waals surface area (Å²) in [5, 5.41) is -0.0337. The topological polar surface area (TPSA) is 99.2 Å². The predicted octanol–water partition coefficient (Wildman–Crippen LogP) is 5.54. The minimum atomic E-state index is -4.18. The molecular weight excluding hydrogens is 538 g/mol. The van der Waals surface area contributed by atoms with Crippen molar-refractivity contribution in [2.24, 2.45) is 0 Å². The van der Waals surface area contributed by atoms with E-state index in [9.17, 15) is 18.0 Å². The van der Waals surface area contributed by atoms with Crippen molar-refractivity contribution in [3.8, 4) is 17.2 Å². The van der Waals surface area contributed by atoms with Gasteiger partial charge in [0.2, 0.25) is 0 Å². The first kappa shape index (κ1) is 26.6. The van der Waals surface area contributed by atoms with Crippen LogP contribution < -0.4 is 13.7 Å². The van der Waals surface area contributed by atoms with Crippen LogP contribution in [0.25, 0.3) is 6.08 Å². The smallest absolute Gasteiger partial charge is 0.339 e. The second-order valence-corrected chi connectivity index (χ2v) is 10.9. The van der Waals surface area contributed by atoms with Gasteiger partial charge in [-0.05, 0) is 84.4 Å². The third-order valence-corrected chi connectivity index (χ3v) is 7.64. The van der Waals surface area contributed by atoms with Crippen LogP contribution in [0.3, 0.4) is 0 Å². The van der Waals surface area contributed by atoms with Crippen LogP contribution in [0.1, 0.15) is 11.1 Å². The van der Waals surface area contributed by atoms with E-state index in [4.69, 9.17) is 25.3 Å². The van der Waals surface area contributed by atoms with Gasteiger partial charge in [-0.2, -0.15) is 8.42 Å². The Kier molecular flexibility index (Phi) is 8.11. The molecule has 1 fully saturated rings. The Labute approximate surface area is 223 Å². The molecule has 0 aromatic heterocycles. The van der Waals surface area contributed by atoms with Crippen molar-refractivity contribution in [3.05, 3.63) is 87.8 Å². The number of imide groups is 1. The van der Waals surface area contributed by atoms with E-state index in [2.05, 4.69) is 0 Å². The van der Waals surface area contributed by atoms with Crippen molar-refractivity contribution < 1.29 is 31.7 Å². The molecule has 8 nitrogen and oxygen atoms in total. The van der Waals surface area contributed by atoms with E-state index in [1.807, 2.05) is 25.1 Å². The minimum Gasteiger partial charge on any atom is -0.493 e. The van der Waals surface area contributed by atoms with Crippen LogP contribution >= 0.6 is 23.4 Å². The van der Waals surface area contributed by atoms with Gasteiger partial charge in [-0.1, -0.05) is 29.8 Å². The Bertz CT molecular complexity index is 1470. The molecule has 0 atom stereocenters. The number of methoxy groups -OCH3 is 1. The van der Waals surface area contributed by atoms with Crippen molar-refractivity contribution in [3.63, 3.8) is 0 Å². The van der Waals surface area contributed by atoms with Gasteiger partial charge in [0.1, 0.15) is 17.3 Å². The third kappa shape index (κ3) is 6.46. The first-order chi connectivity index (χ1) is 17.7. The van der Waals surface area contributed by atoms with Gasteiger partial charge in [0, 0.05) is 5.02 Å². The molecule has 192 valence electrons. The summed E-state index contributed by atoms with van der Waals surface area (Å²) in [6.07, 6.45) is 1.49. The summed E-state index contributed by atoms with van der Waals surface area (Å²) >= 11 is 6.63. The second kappa shape index (κ2) is 11.3. The molecule has 3 aromatic rings. The van der Waals surface area contributed by atoms with Gasteiger partial charge in [0.15, 0.2) is 11.5 Å². The van der Waals surface area contributed by atoms with E-state index in [1.165, 1.54) is 49.6 Å². The lowest BCUT2D eigenvalue weighted by Gasteiger charge is -2.13. The molecule has 37 heavy (non-hydrogen) atoms. The lowest BCUT2D eigenvalue weighted by molar-refractivity contribution is -0.123. The van der Waals surface area contributed by atoms with Crippen LogP contribution in [-0.2, 0) is 14.9 Å². The zero-order valence-electron chi connectivity index (χ0n) is 19.8. The van der Waals surface area contributed by atoms with Crippen molar-refractivity contribution in [2.75, 3.05) is 20.3 Å². The van der Waals surface area contributed by atoms with E-state index in [-0.39, 0.29) is 34.5 Å². The molecule has 0 unspecified atom stereocenters. The molecule has 0 saturated carbocycles. The molecule has 3 aromatic carbocycles. The molecule has 1 saturated heterocycles. The number of hydrogen-bond donors (Lipinski definition) is 0. The predicted molar refractivity (Wildman–Crippen MR) is 142 cm³/mol. The number of thioether (sulfide) groups is 1. The molecule has 0 bridgehead atoms. The number of hydrogen-bond acceptors (Lipinski definition) is 8. The Morgan fingerprint density at radius 1 is 1.00 bits per heavy atom. The number of ether oxygens (including phenoxy) is 2. The van der Waals surface area contributed by atoms with Crippen LogP contribution in [0, 0.1) is 6.92 Å². The highest BCUT2D eigenvalue weighted by Gasteiger charge is 2.35. The average Bonchev–Trinajstić information content (AvgIpc) is 3.11. The van der Waals surface area contributed by atoms with Crippen molar-refractivity contribution in [1.29, 1.82) is 0 Å². The highest BCUT2D eigenvalue weighted by molar-refractivity contribution is 8.18. The van der Waals surface area contributed by atoms with Gasteiger partial charge in [-0.25, -0.2) is 0 Å². The van der Waals surface area contributed by atoms with Gasteiger partial charge < -0.3 is 13.7 Å². The molecule has 0 aliphatic carbocycles. The number of carbonyl (C=O) groups is 2. The number of amides is 2. The standard InChI is InChI=1S/C26H22ClNO7S2/c1-17-4-3-5-20(14-17)34-13-12-28-25(29)24(36-26(28)30)16-18-6-11-22(33-2)23(15-18)35-37(31,32)21-9-7-19(27)8-10-21/h3-11,14-16H,12-13H2,1-2H3/b24-16-. The molecule has 2 amide bonds. The van der Waals surface area contributed by atoms with E-state index >= 15 is 0 Å². The number of benzene rings is 3. The first-order valence-corrected chi connectivity index (χ1v) is 13.6. The maximum Gasteiger partial charge on any atom is 0.339 e. The SMILES string of the molecule is COc1ccc(/C=C2\SC(=O)N(CCOc3cccc(C)c3)C2=O)cc1OS(=O)(=O)c1ccc(Cl)cc1. The normalized spacial score (nSPS) is 14.8. The highest BCUT2D eigenvalue weighted by Crippen LogP contribution is 2.35. The lowest BCUT2D eigenvalue weighted by atomic mass is 10.2. The van der Waals surface area contributed by atoms with Gasteiger partial charge in [0.05, 0.1) is 18.6 Å². The number of carbonyl (C=O) groups excluding carboxylic acids is 2. The average molecular weight is 560 g/mol. The fourth-order valence-corrected chi connectivity index (χ4v) is 5.34. The van der Waals surface area contributed by atoms with Gasteiger partial charge in [-0.15, -0.1) is 0 Å². The van der Waals surface area contributed by atoms with Crippen molar-refractivity contribution in [2.45, 2.75) is 11.8 Å². The zero-order valence-corrected chi connectivity index (χ0v) is 22.2. The summed E-state index contributed by atoms with van der Waals surface area (Å²) in [5.41, 5.74) is 1.49. The van der Waals surface area contributed by atoms with E-state index < -0.39 is 21.3 Å². The summed E-state index contributed by atoms with van der Waals surface area (Å²) in [5.74, 6) is 0.296. The summed E-state index contributed by atoms with van der Waals surface area (Å²) < 4.78 is 41.7. The summed E-state index contributed by atoms with van der Waals surface area (Å²) in [6, 6.07) is 17.6. The molecule has 1 heterocycles. The molecular formula is C26H22ClNO7S2. The van der Waals surface area contributed by atoms with Crippen LogP contribution in [0.2, 0.25) is 5.02 Å². The largest absolute Gasteiger partial charge is 0.493 e. The van der Waals surface area contributed by atoms with E-state index in [0.717, 1.165) is 22.2 Å². The summed E-state index contributed by atoms with van der Waals surface area (Å²) in [4.78, 5) is 26.5. The Balaban J connectivity index is 1.49. The summed E-state index contributed by atoms with van der Waals surface area (Å²) in [6.45, 7) is 2.18. The van der Waals surface area contributed by atoms with E-state index in [0.29, 0.717) is 16.3 Å². The van der Waals surface area contributed by atoms with Crippen LogP contribution in [0.4, 0.5) is 4.79 Å². The fraction of sp³-hybridized carbons (Fsp3) is 0.154. The zero-order chi connectivity index (χ0) is 26.6. The molecule has 4 rings (SSSR count). The van der Waals surface area contributed by atoms with Gasteiger partial charge >= 0.3 is 10.1 Å². The first-order valence-electron chi connectivity index (χ1n) is 11.0. The number of rotatable bonds is 9. The van der Waals surface area contributed by atoms with Crippen molar-refractivity contribution >= 4 is 50.7 Å². The molecule has 1 aliphatic rings. The Morgan fingerprint density at radius 2 is 1.76 bits per heavy atom. The fourth-order valence-electron chi connectivity index (χ4n) is 3.42. The lowest BCUT2D eigenvalue weighted by Crippen LogP contribution is -2.32. The highest BCUT2D eigenvalue weighted by atomic mass is 35.5. The molecule has 1 aliphatic heterocycles. The maximum absolute atomic E-state index is 12.9. The molecule has 0 radical (unpaired) electrons. The number of halogens is 1. The maximum atomic E-state index is 12.9. The molecule has 0 spiro atoms. The molecule has 0 N–H and O–H groups in total. The number of aryl methyl sites for hydroxylation is 1. The Hall–Kier alpha value is -3.47. The van der Waals surface area contributed by atoms with Gasteiger partial charge in [0.25, 0.3) is 11.1 Å². The van der Waals surface area contributed by atoms with Crippen LogP contribution in [0.5, 0.6) is 17.2 Å². The quantitative estimate of drug-likeness (QED) is 0.249. The molecule has 11 heteroatoms. The Morgan fingerprint density at radius 3 is 2.46 bits per heavy atom. The van der Waals surface area contributed by atoms with Crippen LogP contribution in [-0.4, -0.2) is 44.7 Å². The van der Waals surface area contributed by atoms with Crippen LogP contribution in [0.15, 0.2) is 76.5 Å². The monoisotopic (exact) mass is 559 g/mol.